The fourth-order valence-corrected chi connectivity index (χ4v) is 2.51. The molecule has 5 nitrogen and oxygen atoms in total. The van der Waals surface area contributed by atoms with Crippen LogP contribution in [-0.2, 0) is 7.05 Å². The molecule has 1 N–H and O–H groups in total. The number of pyridine rings is 1. The lowest BCUT2D eigenvalue weighted by Gasteiger charge is -2.06. The van der Waals surface area contributed by atoms with Gasteiger partial charge in [0.1, 0.15) is 0 Å². The van der Waals surface area contributed by atoms with Crippen LogP contribution >= 0.6 is 23.2 Å². The number of aryl methyl sites for hydroxylation is 2. The first-order valence-electron chi connectivity index (χ1n) is 6.51. The normalized spacial score (nSPS) is 10.9. The molecular formula is C15H12Cl2N4O. The smallest absolute Gasteiger partial charge is 0.255 e. The molecule has 0 unspecified atom stereocenters. The largest absolute Gasteiger partial charge is 0.321 e. The highest BCUT2D eigenvalue weighted by Crippen LogP contribution is 2.24. The number of amides is 1. The van der Waals surface area contributed by atoms with E-state index in [2.05, 4.69) is 15.4 Å². The molecular weight excluding hydrogens is 323 g/mol. The maximum absolute atomic E-state index is 12.2. The highest BCUT2D eigenvalue weighted by molar-refractivity contribution is 6.42. The van der Waals surface area contributed by atoms with Crippen molar-refractivity contribution >= 4 is 45.8 Å². The fraction of sp³-hybridized carbons (Fsp3) is 0.133. The summed E-state index contributed by atoms with van der Waals surface area (Å²) in [5.74, 6) is -0.277. The van der Waals surface area contributed by atoms with Crippen LogP contribution in [-0.4, -0.2) is 20.7 Å². The van der Waals surface area contributed by atoms with Crippen LogP contribution in [0.3, 0.4) is 0 Å². The van der Waals surface area contributed by atoms with Crippen LogP contribution in [0.15, 0.2) is 30.5 Å². The molecule has 0 radical (unpaired) electrons. The van der Waals surface area contributed by atoms with Gasteiger partial charge in [-0.25, -0.2) is 4.98 Å². The summed E-state index contributed by atoms with van der Waals surface area (Å²) < 4.78 is 1.70. The Labute approximate surface area is 136 Å². The monoisotopic (exact) mass is 334 g/mol. The van der Waals surface area contributed by atoms with Gasteiger partial charge in [-0.15, -0.1) is 0 Å². The molecule has 3 rings (SSSR count). The Balaban J connectivity index is 1.90. The van der Waals surface area contributed by atoms with Gasteiger partial charge >= 0.3 is 0 Å². The maximum atomic E-state index is 12.2. The van der Waals surface area contributed by atoms with Crippen LogP contribution in [0.1, 0.15) is 16.1 Å². The molecule has 1 amide bonds. The summed E-state index contributed by atoms with van der Waals surface area (Å²) in [4.78, 5) is 16.6. The van der Waals surface area contributed by atoms with E-state index in [1.807, 2.05) is 20.0 Å². The zero-order valence-electron chi connectivity index (χ0n) is 11.9. The van der Waals surface area contributed by atoms with Gasteiger partial charge in [0.15, 0.2) is 5.65 Å². The summed E-state index contributed by atoms with van der Waals surface area (Å²) in [7, 11) is 1.83. The predicted octanol–water partition coefficient (Wildman–Crippen LogP) is 3.84. The van der Waals surface area contributed by atoms with E-state index in [0.717, 1.165) is 16.7 Å². The van der Waals surface area contributed by atoms with Crippen molar-refractivity contribution in [3.63, 3.8) is 0 Å². The second-order valence-electron chi connectivity index (χ2n) is 4.89. The van der Waals surface area contributed by atoms with Gasteiger partial charge in [-0.2, -0.15) is 5.10 Å². The molecule has 0 saturated carbocycles. The quantitative estimate of drug-likeness (QED) is 0.774. The Morgan fingerprint density at radius 3 is 2.73 bits per heavy atom. The molecule has 0 aliphatic carbocycles. The van der Waals surface area contributed by atoms with Crippen molar-refractivity contribution in [2.24, 2.45) is 7.05 Å². The SMILES string of the molecule is Cc1nn(C)c2ncc(NC(=O)c3ccc(Cl)c(Cl)c3)cc12. The van der Waals surface area contributed by atoms with E-state index in [9.17, 15) is 4.79 Å². The third-order valence-electron chi connectivity index (χ3n) is 3.30. The molecule has 7 heteroatoms. The molecule has 0 saturated heterocycles. The Morgan fingerprint density at radius 2 is 2.00 bits per heavy atom. The van der Waals surface area contributed by atoms with Crippen molar-refractivity contribution < 1.29 is 4.79 Å². The van der Waals surface area contributed by atoms with E-state index in [1.165, 1.54) is 6.07 Å². The molecule has 112 valence electrons. The molecule has 0 spiro atoms. The van der Waals surface area contributed by atoms with Crippen LogP contribution in [0.2, 0.25) is 10.0 Å². The Bertz CT molecular complexity index is 889. The van der Waals surface area contributed by atoms with E-state index in [1.54, 1.807) is 23.0 Å². The summed E-state index contributed by atoms with van der Waals surface area (Å²) >= 11 is 11.8. The van der Waals surface area contributed by atoms with Gasteiger partial charge in [0.25, 0.3) is 5.91 Å². The van der Waals surface area contributed by atoms with Crippen LogP contribution in [0.4, 0.5) is 5.69 Å². The second-order valence-corrected chi connectivity index (χ2v) is 5.70. The second kappa shape index (κ2) is 5.59. The summed E-state index contributed by atoms with van der Waals surface area (Å²) in [5, 5.41) is 8.74. The zero-order valence-corrected chi connectivity index (χ0v) is 13.4. The molecule has 2 heterocycles. The van der Waals surface area contributed by atoms with E-state index in [4.69, 9.17) is 23.2 Å². The van der Waals surface area contributed by atoms with Gasteiger partial charge in [-0.3, -0.25) is 9.48 Å². The molecule has 0 fully saturated rings. The lowest BCUT2D eigenvalue weighted by Crippen LogP contribution is -2.12. The summed E-state index contributed by atoms with van der Waals surface area (Å²) in [6, 6.07) is 6.58. The number of carbonyl (C=O) groups is 1. The van der Waals surface area contributed by atoms with Gasteiger partial charge in [0.2, 0.25) is 0 Å². The number of aromatic nitrogens is 3. The summed E-state index contributed by atoms with van der Waals surface area (Å²) in [6.07, 6.45) is 1.60. The maximum Gasteiger partial charge on any atom is 0.255 e. The minimum absolute atomic E-state index is 0.277. The standard InChI is InChI=1S/C15H12Cl2N4O/c1-8-11-6-10(7-18-14(11)21(2)20-8)19-15(22)9-3-4-12(16)13(17)5-9/h3-7H,1-2H3,(H,19,22). The topological polar surface area (TPSA) is 59.8 Å². The highest BCUT2D eigenvalue weighted by Gasteiger charge is 2.11. The van der Waals surface area contributed by atoms with Crippen LogP contribution in [0.5, 0.6) is 0 Å². The third kappa shape index (κ3) is 2.65. The first-order valence-corrected chi connectivity index (χ1v) is 7.27. The predicted molar refractivity (Wildman–Crippen MR) is 87.7 cm³/mol. The zero-order chi connectivity index (χ0) is 15.9. The number of nitrogens with zero attached hydrogens (tertiary/aromatic N) is 3. The average molecular weight is 335 g/mol. The molecule has 1 aromatic carbocycles. The van der Waals surface area contributed by atoms with Crippen molar-refractivity contribution in [2.75, 3.05) is 5.32 Å². The minimum atomic E-state index is -0.277. The number of anilines is 1. The fourth-order valence-electron chi connectivity index (χ4n) is 2.22. The minimum Gasteiger partial charge on any atom is -0.321 e. The number of rotatable bonds is 2. The average Bonchev–Trinajstić information content (AvgIpc) is 2.76. The molecule has 3 aromatic rings. The van der Waals surface area contributed by atoms with Gasteiger partial charge in [-0.1, -0.05) is 23.2 Å². The van der Waals surface area contributed by atoms with E-state index >= 15 is 0 Å². The number of hydrogen-bond acceptors (Lipinski definition) is 3. The van der Waals surface area contributed by atoms with E-state index < -0.39 is 0 Å². The summed E-state index contributed by atoms with van der Waals surface area (Å²) in [5.41, 5.74) is 2.65. The van der Waals surface area contributed by atoms with Crippen molar-refractivity contribution in [1.82, 2.24) is 14.8 Å². The van der Waals surface area contributed by atoms with Crippen molar-refractivity contribution in [1.29, 1.82) is 0 Å². The molecule has 0 bridgehead atoms. The van der Waals surface area contributed by atoms with Crippen LogP contribution in [0, 0.1) is 6.92 Å². The Hall–Kier alpha value is -2.11. The Morgan fingerprint density at radius 1 is 1.23 bits per heavy atom. The van der Waals surface area contributed by atoms with Crippen molar-refractivity contribution in [3.8, 4) is 0 Å². The van der Waals surface area contributed by atoms with Crippen molar-refractivity contribution in [3.05, 3.63) is 51.8 Å². The first-order chi connectivity index (χ1) is 10.5. The summed E-state index contributed by atoms with van der Waals surface area (Å²) in [6.45, 7) is 1.90. The number of halogens is 2. The van der Waals surface area contributed by atoms with E-state index in [0.29, 0.717) is 21.3 Å². The highest BCUT2D eigenvalue weighted by atomic mass is 35.5. The lowest BCUT2D eigenvalue weighted by molar-refractivity contribution is 0.102. The van der Waals surface area contributed by atoms with Gasteiger partial charge in [-0.05, 0) is 31.2 Å². The molecule has 0 aliphatic rings. The van der Waals surface area contributed by atoms with Gasteiger partial charge in [0.05, 0.1) is 27.6 Å². The van der Waals surface area contributed by atoms with Crippen molar-refractivity contribution in [2.45, 2.75) is 6.92 Å². The molecule has 2 aromatic heterocycles. The van der Waals surface area contributed by atoms with Gasteiger partial charge < -0.3 is 5.32 Å². The third-order valence-corrected chi connectivity index (χ3v) is 4.04. The van der Waals surface area contributed by atoms with Crippen LogP contribution < -0.4 is 5.32 Å². The number of nitrogens with one attached hydrogen (secondary N) is 1. The molecule has 22 heavy (non-hydrogen) atoms. The van der Waals surface area contributed by atoms with Gasteiger partial charge in [0, 0.05) is 18.0 Å². The molecule has 0 atom stereocenters. The molecule has 0 aliphatic heterocycles. The first kappa shape index (κ1) is 14.8. The lowest BCUT2D eigenvalue weighted by atomic mass is 10.2. The number of fused-ring (bicyclic) bond motifs is 1. The number of carbonyl (C=O) groups excluding carboxylic acids is 1. The number of hydrogen-bond donors (Lipinski definition) is 1. The van der Waals surface area contributed by atoms with E-state index in [-0.39, 0.29) is 5.91 Å². The number of benzene rings is 1. The van der Waals surface area contributed by atoms with Crippen LogP contribution in [0.25, 0.3) is 11.0 Å². The Kier molecular flexibility index (Phi) is 3.76.